The van der Waals surface area contributed by atoms with Gasteiger partial charge in [-0.3, -0.25) is 9.69 Å². The normalized spacial score (nSPS) is 10.7. The Morgan fingerprint density at radius 3 is 2.65 bits per heavy atom. The molecule has 6 heteroatoms. The van der Waals surface area contributed by atoms with Gasteiger partial charge in [0.15, 0.2) is 0 Å². The Labute approximate surface area is 159 Å². The summed E-state index contributed by atoms with van der Waals surface area (Å²) in [7, 11) is 5.15. The Bertz CT molecular complexity index is 737. The van der Waals surface area contributed by atoms with Crippen LogP contribution in [0, 0.1) is 0 Å². The van der Waals surface area contributed by atoms with Crippen LogP contribution in [0.1, 0.15) is 11.1 Å². The monoisotopic (exact) mass is 376 g/mol. The number of carbonyl (C=O) groups excluding carboxylic acids is 1. The van der Waals surface area contributed by atoms with Crippen molar-refractivity contribution in [1.29, 1.82) is 0 Å². The fourth-order valence-corrected chi connectivity index (χ4v) is 2.88. The molecule has 0 aliphatic heterocycles. The lowest BCUT2D eigenvalue weighted by Gasteiger charge is -2.18. The predicted octanol–water partition coefficient (Wildman–Crippen LogP) is 3.15. The maximum atomic E-state index is 12.1. The van der Waals surface area contributed by atoms with E-state index >= 15 is 0 Å². The van der Waals surface area contributed by atoms with Gasteiger partial charge in [0.2, 0.25) is 5.91 Å². The van der Waals surface area contributed by atoms with Gasteiger partial charge in [-0.05, 0) is 37.2 Å². The summed E-state index contributed by atoms with van der Waals surface area (Å²) in [6.07, 6.45) is 0.752. The standard InChI is InChI=1S/C20H25ClN2O3/c1-23(13-16-7-8-18(25-2)12-19(16)26-3)14-20(24)22-10-9-15-5-4-6-17(21)11-15/h4-8,11-12H,9-10,13-14H2,1-3H3,(H,22,24). The van der Waals surface area contributed by atoms with Crippen LogP contribution in [-0.4, -0.2) is 45.2 Å². The lowest BCUT2D eigenvalue weighted by atomic mass is 10.1. The van der Waals surface area contributed by atoms with Gasteiger partial charge in [-0.2, -0.15) is 0 Å². The van der Waals surface area contributed by atoms with Gasteiger partial charge in [0.25, 0.3) is 0 Å². The Hall–Kier alpha value is -2.24. The molecule has 0 spiro atoms. The summed E-state index contributed by atoms with van der Waals surface area (Å²) < 4.78 is 10.6. The van der Waals surface area contributed by atoms with Gasteiger partial charge in [0.1, 0.15) is 11.5 Å². The van der Waals surface area contributed by atoms with Crippen molar-refractivity contribution in [3.05, 3.63) is 58.6 Å². The van der Waals surface area contributed by atoms with E-state index in [2.05, 4.69) is 5.32 Å². The van der Waals surface area contributed by atoms with E-state index in [0.717, 1.165) is 29.0 Å². The molecular formula is C20H25ClN2O3. The van der Waals surface area contributed by atoms with E-state index in [0.29, 0.717) is 24.7 Å². The molecule has 0 atom stereocenters. The number of methoxy groups -OCH3 is 2. The summed E-state index contributed by atoms with van der Waals surface area (Å²) in [5.74, 6) is 1.48. The predicted molar refractivity (Wildman–Crippen MR) is 104 cm³/mol. The van der Waals surface area contributed by atoms with E-state index in [4.69, 9.17) is 21.1 Å². The molecule has 0 heterocycles. The highest BCUT2D eigenvalue weighted by atomic mass is 35.5. The van der Waals surface area contributed by atoms with Gasteiger partial charge in [0.05, 0.1) is 20.8 Å². The summed E-state index contributed by atoms with van der Waals surface area (Å²) in [5, 5.41) is 3.65. The number of likely N-dealkylation sites (N-methyl/N-ethyl adjacent to an activating group) is 1. The van der Waals surface area contributed by atoms with E-state index in [9.17, 15) is 4.79 Å². The molecule has 0 fully saturated rings. The summed E-state index contributed by atoms with van der Waals surface area (Å²) in [6, 6.07) is 13.3. The molecule has 0 bridgehead atoms. The lowest BCUT2D eigenvalue weighted by molar-refractivity contribution is -0.122. The smallest absolute Gasteiger partial charge is 0.234 e. The van der Waals surface area contributed by atoms with Crippen molar-refractivity contribution >= 4 is 17.5 Å². The molecule has 0 saturated carbocycles. The van der Waals surface area contributed by atoms with Crippen molar-refractivity contribution in [3.63, 3.8) is 0 Å². The maximum Gasteiger partial charge on any atom is 0.234 e. The van der Waals surface area contributed by atoms with Gasteiger partial charge < -0.3 is 14.8 Å². The molecule has 0 aromatic heterocycles. The Morgan fingerprint density at radius 1 is 1.15 bits per heavy atom. The van der Waals surface area contributed by atoms with Gasteiger partial charge in [-0.1, -0.05) is 29.8 Å². The summed E-state index contributed by atoms with van der Waals surface area (Å²) >= 11 is 5.96. The zero-order chi connectivity index (χ0) is 18.9. The van der Waals surface area contributed by atoms with Crippen LogP contribution < -0.4 is 14.8 Å². The Kier molecular flexibility index (Phi) is 7.75. The first-order valence-electron chi connectivity index (χ1n) is 8.42. The fourth-order valence-electron chi connectivity index (χ4n) is 2.67. The zero-order valence-corrected chi connectivity index (χ0v) is 16.2. The molecule has 0 radical (unpaired) electrons. The van der Waals surface area contributed by atoms with Gasteiger partial charge in [-0.15, -0.1) is 0 Å². The summed E-state index contributed by atoms with van der Waals surface area (Å²) in [4.78, 5) is 14.1. The first kappa shape index (κ1) is 20.1. The second-order valence-electron chi connectivity index (χ2n) is 6.08. The van der Waals surface area contributed by atoms with Crippen molar-refractivity contribution in [2.45, 2.75) is 13.0 Å². The highest BCUT2D eigenvalue weighted by molar-refractivity contribution is 6.30. The molecule has 140 valence electrons. The van der Waals surface area contributed by atoms with Crippen LogP contribution in [0.15, 0.2) is 42.5 Å². The van der Waals surface area contributed by atoms with Crippen molar-refractivity contribution in [3.8, 4) is 11.5 Å². The van der Waals surface area contributed by atoms with E-state index in [-0.39, 0.29) is 5.91 Å². The second kappa shape index (κ2) is 10.0. The number of hydrogen-bond donors (Lipinski definition) is 1. The van der Waals surface area contributed by atoms with Crippen LogP contribution in [0.2, 0.25) is 5.02 Å². The topological polar surface area (TPSA) is 50.8 Å². The Morgan fingerprint density at radius 2 is 1.96 bits per heavy atom. The van der Waals surface area contributed by atoms with Crippen LogP contribution in [0.3, 0.4) is 0 Å². The largest absolute Gasteiger partial charge is 0.497 e. The number of carbonyl (C=O) groups is 1. The molecule has 0 aliphatic carbocycles. The zero-order valence-electron chi connectivity index (χ0n) is 15.4. The fraction of sp³-hybridized carbons (Fsp3) is 0.350. The van der Waals surface area contributed by atoms with E-state index in [1.54, 1.807) is 14.2 Å². The van der Waals surface area contributed by atoms with E-state index in [1.807, 2.05) is 54.4 Å². The van der Waals surface area contributed by atoms with Crippen molar-refractivity contribution in [2.24, 2.45) is 0 Å². The quantitative estimate of drug-likeness (QED) is 0.730. The highest BCUT2D eigenvalue weighted by Crippen LogP contribution is 2.25. The number of amides is 1. The number of nitrogens with zero attached hydrogens (tertiary/aromatic N) is 1. The van der Waals surface area contributed by atoms with Crippen molar-refractivity contribution in [1.82, 2.24) is 10.2 Å². The maximum absolute atomic E-state index is 12.1. The molecule has 0 aliphatic rings. The number of hydrogen-bond acceptors (Lipinski definition) is 4. The molecule has 1 amide bonds. The third kappa shape index (κ3) is 6.24. The van der Waals surface area contributed by atoms with E-state index < -0.39 is 0 Å². The third-order valence-electron chi connectivity index (χ3n) is 3.97. The summed E-state index contributed by atoms with van der Waals surface area (Å²) in [6.45, 7) is 1.50. The molecule has 2 aromatic carbocycles. The summed E-state index contributed by atoms with van der Waals surface area (Å²) in [5.41, 5.74) is 2.11. The minimum atomic E-state index is -0.0120. The molecule has 5 nitrogen and oxygen atoms in total. The molecule has 2 rings (SSSR count). The molecule has 26 heavy (non-hydrogen) atoms. The van der Waals surface area contributed by atoms with Gasteiger partial charge >= 0.3 is 0 Å². The van der Waals surface area contributed by atoms with Crippen LogP contribution in [0.5, 0.6) is 11.5 Å². The first-order chi connectivity index (χ1) is 12.5. The number of benzene rings is 2. The molecular weight excluding hydrogens is 352 g/mol. The Balaban J connectivity index is 1.80. The van der Waals surface area contributed by atoms with Gasteiger partial charge in [0, 0.05) is 29.7 Å². The SMILES string of the molecule is COc1ccc(CN(C)CC(=O)NCCc2cccc(Cl)c2)c(OC)c1. The molecule has 2 aromatic rings. The van der Waals surface area contributed by atoms with Gasteiger partial charge in [-0.25, -0.2) is 0 Å². The average molecular weight is 377 g/mol. The first-order valence-corrected chi connectivity index (χ1v) is 8.80. The molecule has 0 unspecified atom stereocenters. The highest BCUT2D eigenvalue weighted by Gasteiger charge is 2.11. The second-order valence-corrected chi connectivity index (χ2v) is 6.52. The van der Waals surface area contributed by atoms with Crippen LogP contribution in [0.4, 0.5) is 0 Å². The number of nitrogens with one attached hydrogen (secondary N) is 1. The van der Waals surface area contributed by atoms with Crippen LogP contribution in [0.25, 0.3) is 0 Å². The number of rotatable bonds is 9. The molecule has 1 N–H and O–H groups in total. The van der Waals surface area contributed by atoms with Crippen molar-refractivity contribution < 1.29 is 14.3 Å². The minimum Gasteiger partial charge on any atom is -0.497 e. The van der Waals surface area contributed by atoms with E-state index in [1.165, 1.54) is 0 Å². The third-order valence-corrected chi connectivity index (χ3v) is 4.21. The minimum absolute atomic E-state index is 0.0120. The average Bonchev–Trinajstić information content (AvgIpc) is 2.62. The van der Waals surface area contributed by atoms with Crippen LogP contribution in [-0.2, 0) is 17.8 Å². The van der Waals surface area contributed by atoms with Crippen molar-refractivity contribution in [2.75, 3.05) is 34.4 Å². The number of halogens is 1. The van der Waals surface area contributed by atoms with Crippen LogP contribution >= 0.6 is 11.6 Å². The number of ether oxygens (including phenoxy) is 2. The lowest BCUT2D eigenvalue weighted by Crippen LogP contribution is -2.35. The molecule has 0 saturated heterocycles.